The molecule has 0 aliphatic heterocycles. The highest BCUT2D eigenvalue weighted by molar-refractivity contribution is 5.36. The van der Waals surface area contributed by atoms with Crippen molar-refractivity contribution in [1.82, 2.24) is 5.32 Å². The summed E-state index contributed by atoms with van der Waals surface area (Å²) < 4.78 is 6.49. The Morgan fingerprint density at radius 2 is 1.95 bits per heavy atom. The maximum absolute atomic E-state index is 6.49. The molecule has 2 nitrogen and oxygen atoms in total. The lowest BCUT2D eigenvalue weighted by Gasteiger charge is -2.57. The largest absolute Gasteiger partial charge is 0.489 e. The molecular formula is C19H29NO. The summed E-state index contributed by atoms with van der Waals surface area (Å²) in [6, 6.07) is 7.21. The smallest absolute Gasteiger partial charge is 0.122 e. The summed E-state index contributed by atoms with van der Waals surface area (Å²) in [5.74, 6) is 1.10. The Kier molecular flexibility index (Phi) is 4.26. The number of benzene rings is 1. The highest BCUT2D eigenvalue weighted by Crippen LogP contribution is 2.53. The highest BCUT2D eigenvalue weighted by Gasteiger charge is 2.56. The summed E-state index contributed by atoms with van der Waals surface area (Å²) >= 11 is 0. The second kappa shape index (κ2) is 6.00. The van der Waals surface area contributed by atoms with Crippen molar-refractivity contribution in [3.05, 3.63) is 29.3 Å². The molecule has 3 rings (SSSR count). The Hall–Kier alpha value is -1.02. The number of hydrogen-bond donors (Lipinski definition) is 1. The average Bonchev–Trinajstić information content (AvgIpc) is 2.50. The second-order valence-corrected chi connectivity index (χ2v) is 7.02. The van der Waals surface area contributed by atoms with Gasteiger partial charge in [-0.05, 0) is 50.4 Å². The van der Waals surface area contributed by atoms with Gasteiger partial charge < -0.3 is 10.1 Å². The van der Waals surface area contributed by atoms with Crippen LogP contribution >= 0.6 is 0 Å². The molecule has 116 valence electrons. The normalized spacial score (nSPS) is 27.4. The molecule has 2 heteroatoms. The minimum atomic E-state index is 0.393. The first-order valence-electron chi connectivity index (χ1n) is 8.63. The SMILES string of the molecule is CCNC1CC(Oc2cc(C)ccc2C)C12CCCCC2. The Morgan fingerprint density at radius 3 is 2.67 bits per heavy atom. The van der Waals surface area contributed by atoms with Crippen molar-refractivity contribution in [3.63, 3.8) is 0 Å². The van der Waals surface area contributed by atoms with Gasteiger partial charge in [0.1, 0.15) is 11.9 Å². The molecule has 0 radical (unpaired) electrons. The van der Waals surface area contributed by atoms with Gasteiger partial charge >= 0.3 is 0 Å². The molecule has 2 atom stereocenters. The fourth-order valence-electron chi connectivity index (χ4n) is 4.31. The summed E-state index contributed by atoms with van der Waals surface area (Å²) in [5, 5.41) is 3.70. The molecule has 0 bridgehead atoms. The van der Waals surface area contributed by atoms with Crippen LogP contribution in [0, 0.1) is 19.3 Å². The number of ether oxygens (including phenoxy) is 1. The Bertz CT molecular complexity index is 490. The van der Waals surface area contributed by atoms with Crippen molar-refractivity contribution in [2.24, 2.45) is 5.41 Å². The molecule has 21 heavy (non-hydrogen) atoms. The number of rotatable bonds is 4. The van der Waals surface area contributed by atoms with Crippen LogP contribution in [0.4, 0.5) is 0 Å². The van der Waals surface area contributed by atoms with Crippen LogP contribution < -0.4 is 10.1 Å². The van der Waals surface area contributed by atoms with E-state index in [0.29, 0.717) is 17.6 Å². The van der Waals surface area contributed by atoms with Crippen LogP contribution in [-0.4, -0.2) is 18.7 Å². The number of aryl methyl sites for hydroxylation is 2. The van der Waals surface area contributed by atoms with Crippen LogP contribution in [-0.2, 0) is 0 Å². The topological polar surface area (TPSA) is 21.3 Å². The molecule has 0 amide bonds. The molecule has 0 aromatic heterocycles. The van der Waals surface area contributed by atoms with Gasteiger partial charge in [-0.25, -0.2) is 0 Å². The van der Waals surface area contributed by atoms with Gasteiger partial charge in [-0.3, -0.25) is 0 Å². The number of nitrogens with one attached hydrogen (secondary N) is 1. The molecule has 2 aliphatic carbocycles. The summed E-state index contributed by atoms with van der Waals surface area (Å²) in [7, 11) is 0. The van der Waals surface area contributed by atoms with E-state index in [1.54, 1.807) is 0 Å². The molecule has 2 saturated carbocycles. The quantitative estimate of drug-likeness (QED) is 0.887. The van der Waals surface area contributed by atoms with Crippen LogP contribution in [0.15, 0.2) is 18.2 Å². The van der Waals surface area contributed by atoms with E-state index in [1.807, 2.05) is 0 Å². The first-order valence-corrected chi connectivity index (χ1v) is 8.63. The lowest BCUT2D eigenvalue weighted by Crippen LogP contribution is -2.65. The zero-order chi connectivity index (χ0) is 14.9. The Labute approximate surface area is 129 Å². The van der Waals surface area contributed by atoms with Crippen molar-refractivity contribution in [1.29, 1.82) is 0 Å². The van der Waals surface area contributed by atoms with Gasteiger partial charge in [-0.15, -0.1) is 0 Å². The third kappa shape index (κ3) is 2.70. The predicted octanol–water partition coefficient (Wildman–Crippen LogP) is 4.38. The maximum Gasteiger partial charge on any atom is 0.122 e. The van der Waals surface area contributed by atoms with E-state index in [1.165, 1.54) is 49.7 Å². The molecule has 1 spiro atoms. The summed E-state index contributed by atoms with van der Waals surface area (Å²) in [5.41, 5.74) is 2.94. The van der Waals surface area contributed by atoms with Crippen LogP contribution in [0.25, 0.3) is 0 Å². The van der Waals surface area contributed by atoms with Gasteiger partial charge in [0.05, 0.1) is 0 Å². The molecule has 2 fully saturated rings. The summed E-state index contributed by atoms with van der Waals surface area (Å²) in [6.45, 7) is 7.59. The van der Waals surface area contributed by atoms with Gasteiger partial charge in [0.2, 0.25) is 0 Å². The van der Waals surface area contributed by atoms with E-state index in [4.69, 9.17) is 4.74 Å². The molecular weight excluding hydrogens is 258 g/mol. The lowest BCUT2D eigenvalue weighted by molar-refractivity contribution is -0.102. The Morgan fingerprint density at radius 1 is 1.19 bits per heavy atom. The van der Waals surface area contributed by atoms with Crippen molar-refractivity contribution in [2.45, 2.75) is 71.4 Å². The van der Waals surface area contributed by atoms with Gasteiger partial charge in [0.15, 0.2) is 0 Å². The Balaban J connectivity index is 1.77. The van der Waals surface area contributed by atoms with E-state index >= 15 is 0 Å². The van der Waals surface area contributed by atoms with E-state index in [2.05, 4.69) is 44.3 Å². The molecule has 0 heterocycles. The first kappa shape index (κ1) is 14.9. The van der Waals surface area contributed by atoms with E-state index in [-0.39, 0.29) is 0 Å². The van der Waals surface area contributed by atoms with E-state index < -0.39 is 0 Å². The van der Waals surface area contributed by atoms with Gasteiger partial charge in [0.25, 0.3) is 0 Å². The lowest BCUT2D eigenvalue weighted by atomic mass is 9.55. The minimum absolute atomic E-state index is 0.393. The zero-order valence-electron chi connectivity index (χ0n) is 13.7. The predicted molar refractivity (Wildman–Crippen MR) is 87.9 cm³/mol. The third-order valence-corrected chi connectivity index (χ3v) is 5.63. The van der Waals surface area contributed by atoms with Gasteiger partial charge in [-0.2, -0.15) is 0 Å². The zero-order valence-corrected chi connectivity index (χ0v) is 13.7. The third-order valence-electron chi connectivity index (χ3n) is 5.63. The minimum Gasteiger partial charge on any atom is -0.489 e. The monoisotopic (exact) mass is 287 g/mol. The van der Waals surface area contributed by atoms with Gasteiger partial charge in [0, 0.05) is 17.9 Å². The second-order valence-electron chi connectivity index (χ2n) is 7.02. The number of hydrogen-bond acceptors (Lipinski definition) is 2. The molecule has 1 aromatic carbocycles. The average molecular weight is 287 g/mol. The first-order chi connectivity index (χ1) is 10.2. The van der Waals surface area contributed by atoms with Crippen molar-refractivity contribution in [2.75, 3.05) is 6.54 Å². The summed E-state index contributed by atoms with van der Waals surface area (Å²) in [6.07, 6.45) is 8.38. The van der Waals surface area contributed by atoms with Crippen LogP contribution in [0.3, 0.4) is 0 Å². The van der Waals surface area contributed by atoms with Crippen LogP contribution in [0.2, 0.25) is 0 Å². The maximum atomic E-state index is 6.49. The van der Waals surface area contributed by atoms with E-state index in [0.717, 1.165) is 12.3 Å². The standard InChI is InChI=1S/C19H29NO/c1-4-20-17-13-18(19(17)10-6-5-7-11-19)21-16-12-14(2)8-9-15(16)3/h8-9,12,17-18,20H,4-7,10-11,13H2,1-3H3. The van der Waals surface area contributed by atoms with Gasteiger partial charge in [-0.1, -0.05) is 38.3 Å². The molecule has 2 unspecified atom stereocenters. The fourth-order valence-corrected chi connectivity index (χ4v) is 4.31. The van der Waals surface area contributed by atoms with E-state index in [9.17, 15) is 0 Å². The molecule has 0 saturated heterocycles. The highest BCUT2D eigenvalue weighted by atomic mass is 16.5. The molecule has 1 N–H and O–H groups in total. The van der Waals surface area contributed by atoms with Crippen molar-refractivity contribution < 1.29 is 4.74 Å². The van der Waals surface area contributed by atoms with Crippen LogP contribution in [0.5, 0.6) is 5.75 Å². The molecule has 2 aliphatic rings. The van der Waals surface area contributed by atoms with Crippen LogP contribution in [0.1, 0.15) is 56.6 Å². The van der Waals surface area contributed by atoms with Crippen molar-refractivity contribution >= 4 is 0 Å². The fraction of sp³-hybridized carbons (Fsp3) is 0.684. The summed E-state index contributed by atoms with van der Waals surface area (Å²) in [4.78, 5) is 0. The van der Waals surface area contributed by atoms with Crippen molar-refractivity contribution in [3.8, 4) is 5.75 Å². The molecule has 1 aromatic rings.